The van der Waals surface area contributed by atoms with E-state index in [2.05, 4.69) is 10.6 Å². The highest BCUT2D eigenvalue weighted by Crippen LogP contribution is 2.18. The van der Waals surface area contributed by atoms with Gasteiger partial charge >= 0.3 is 0 Å². The molecule has 2 N–H and O–H groups in total. The number of rotatable bonds is 8. The van der Waals surface area contributed by atoms with Crippen molar-refractivity contribution in [1.29, 1.82) is 0 Å². The second-order valence-electron chi connectivity index (χ2n) is 8.30. The van der Waals surface area contributed by atoms with Crippen molar-refractivity contribution in [3.8, 4) is 5.75 Å². The van der Waals surface area contributed by atoms with Crippen molar-refractivity contribution in [2.24, 2.45) is 0 Å². The van der Waals surface area contributed by atoms with Crippen LogP contribution in [0.1, 0.15) is 26.3 Å². The van der Waals surface area contributed by atoms with Crippen LogP contribution >= 0.6 is 12.2 Å². The van der Waals surface area contributed by atoms with E-state index in [1.807, 2.05) is 66.7 Å². The minimum Gasteiger partial charge on any atom is -0.493 e. The minimum absolute atomic E-state index is 0.126. The number of carbonyl (C=O) groups is 2. The molecule has 0 heterocycles. The summed E-state index contributed by atoms with van der Waals surface area (Å²) in [6, 6.07) is 33.4. The molecule has 37 heavy (non-hydrogen) atoms. The molecule has 0 aliphatic rings. The first kappa shape index (κ1) is 25.6. The van der Waals surface area contributed by atoms with Crippen LogP contribution in [0.5, 0.6) is 5.75 Å². The van der Waals surface area contributed by atoms with Gasteiger partial charge in [0.2, 0.25) is 0 Å². The predicted molar refractivity (Wildman–Crippen MR) is 151 cm³/mol. The molecule has 0 spiro atoms. The van der Waals surface area contributed by atoms with Gasteiger partial charge in [0.15, 0.2) is 5.11 Å². The lowest BCUT2D eigenvalue weighted by atomic mass is 10.1. The van der Waals surface area contributed by atoms with E-state index in [1.165, 1.54) is 5.56 Å². The molecule has 0 aromatic heterocycles. The van der Waals surface area contributed by atoms with E-state index < -0.39 is 0 Å². The fraction of sp³-hybridized carbons (Fsp3) is 0.100. The number of ether oxygens (including phenoxy) is 1. The molecule has 0 unspecified atom stereocenters. The first-order valence-corrected chi connectivity index (χ1v) is 12.2. The zero-order valence-corrected chi connectivity index (χ0v) is 21.2. The molecule has 0 aliphatic carbocycles. The molecule has 0 aliphatic heterocycles. The van der Waals surface area contributed by atoms with Crippen molar-refractivity contribution >= 4 is 40.5 Å². The molecule has 186 valence electrons. The van der Waals surface area contributed by atoms with Gasteiger partial charge in [-0.25, -0.2) is 0 Å². The first-order chi connectivity index (χ1) is 18.0. The van der Waals surface area contributed by atoms with Crippen molar-refractivity contribution in [1.82, 2.24) is 5.32 Å². The largest absolute Gasteiger partial charge is 0.493 e. The molecular formula is C30H27N3O3S. The fourth-order valence-corrected chi connectivity index (χ4v) is 3.90. The lowest BCUT2D eigenvalue weighted by Gasteiger charge is -2.18. The van der Waals surface area contributed by atoms with Crippen molar-refractivity contribution in [3.05, 3.63) is 126 Å². The second kappa shape index (κ2) is 12.5. The Hall–Kier alpha value is -4.49. The molecule has 2 amide bonds. The lowest BCUT2D eigenvalue weighted by molar-refractivity contribution is 0.0973. The normalized spacial score (nSPS) is 10.3. The van der Waals surface area contributed by atoms with Gasteiger partial charge in [0, 0.05) is 36.0 Å². The molecule has 0 fully saturated rings. The van der Waals surface area contributed by atoms with E-state index in [9.17, 15) is 9.59 Å². The number of carbonyl (C=O) groups excluding carboxylic acids is 2. The number of benzene rings is 4. The molecule has 4 aromatic rings. The number of nitrogens with one attached hydrogen (secondary N) is 2. The maximum absolute atomic E-state index is 12.9. The van der Waals surface area contributed by atoms with Gasteiger partial charge in [-0.05, 0) is 66.3 Å². The van der Waals surface area contributed by atoms with Crippen LogP contribution in [0.25, 0.3) is 0 Å². The Kier molecular flexibility index (Phi) is 8.62. The number of amides is 2. The molecule has 0 bridgehead atoms. The Morgan fingerprint density at radius 2 is 1.49 bits per heavy atom. The van der Waals surface area contributed by atoms with Crippen LogP contribution in [0.3, 0.4) is 0 Å². The monoisotopic (exact) mass is 509 g/mol. The minimum atomic E-state index is -0.359. The van der Waals surface area contributed by atoms with Crippen LogP contribution in [0.2, 0.25) is 0 Å². The number of hydrogen-bond donors (Lipinski definition) is 2. The molecule has 4 aromatic carbocycles. The summed E-state index contributed by atoms with van der Waals surface area (Å²) in [6.45, 7) is 0.504. The summed E-state index contributed by atoms with van der Waals surface area (Å²) < 4.78 is 5.82. The average molecular weight is 510 g/mol. The van der Waals surface area contributed by atoms with E-state index in [1.54, 1.807) is 54.4 Å². The van der Waals surface area contributed by atoms with Gasteiger partial charge in [0.1, 0.15) is 5.75 Å². The third kappa shape index (κ3) is 7.25. The van der Waals surface area contributed by atoms with Gasteiger partial charge in [-0.3, -0.25) is 14.9 Å². The lowest BCUT2D eigenvalue weighted by Crippen LogP contribution is -2.34. The van der Waals surface area contributed by atoms with Gasteiger partial charge < -0.3 is 15.0 Å². The van der Waals surface area contributed by atoms with Gasteiger partial charge in [0.25, 0.3) is 11.8 Å². The Balaban J connectivity index is 1.32. The molecule has 0 radical (unpaired) electrons. The van der Waals surface area contributed by atoms with Gasteiger partial charge in [-0.1, -0.05) is 60.7 Å². The topological polar surface area (TPSA) is 70.7 Å². The predicted octanol–water partition coefficient (Wildman–Crippen LogP) is 5.71. The second-order valence-corrected chi connectivity index (χ2v) is 8.71. The molecule has 7 heteroatoms. The van der Waals surface area contributed by atoms with Crippen LogP contribution in [0, 0.1) is 0 Å². The SMILES string of the molecule is CN(C(=O)c1cccc(NC(=S)NC(=O)c2cccc(OCCc3ccccc3)c2)c1)c1ccccc1. The van der Waals surface area contributed by atoms with E-state index in [0.717, 1.165) is 12.1 Å². The molecule has 6 nitrogen and oxygen atoms in total. The standard InChI is InChI=1S/C30H27N3O3S/c1-33(26-15-6-3-7-16-26)29(35)24-13-8-14-25(20-24)31-30(37)32-28(34)23-12-9-17-27(21-23)36-19-18-22-10-4-2-5-11-22/h2-17,20-21H,18-19H2,1H3,(H2,31,32,34,37). The number of hydrogen-bond acceptors (Lipinski definition) is 4. The zero-order valence-electron chi connectivity index (χ0n) is 20.4. The Labute approximate surface area is 221 Å². The summed E-state index contributed by atoms with van der Waals surface area (Å²) in [5.41, 5.74) is 3.49. The maximum atomic E-state index is 12.9. The fourth-order valence-electron chi connectivity index (χ4n) is 3.69. The third-order valence-corrected chi connectivity index (χ3v) is 5.85. The summed E-state index contributed by atoms with van der Waals surface area (Å²) in [5.74, 6) is 0.0899. The number of para-hydroxylation sites is 1. The van der Waals surface area contributed by atoms with E-state index in [0.29, 0.717) is 29.2 Å². The van der Waals surface area contributed by atoms with E-state index >= 15 is 0 Å². The first-order valence-electron chi connectivity index (χ1n) is 11.8. The number of nitrogens with zero attached hydrogens (tertiary/aromatic N) is 1. The highest BCUT2D eigenvalue weighted by atomic mass is 32.1. The summed E-state index contributed by atoms with van der Waals surface area (Å²) >= 11 is 5.34. The summed E-state index contributed by atoms with van der Waals surface area (Å²) in [5, 5.41) is 5.79. The van der Waals surface area contributed by atoms with Gasteiger partial charge in [-0.15, -0.1) is 0 Å². The summed E-state index contributed by atoms with van der Waals surface area (Å²) in [7, 11) is 1.72. The Morgan fingerprint density at radius 3 is 2.24 bits per heavy atom. The molecule has 4 rings (SSSR count). The maximum Gasteiger partial charge on any atom is 0.258 e. The quantitative estimate of drug-likeness (QED) is 0.298. The van der Waals surface area contributed by atoms with Crippen molar-refractivity contribution in [2.45, 2.75) is 6.42 Å². The van der Waals surface area contributed by atoms with E-state index in [-0.39, 0.29) is 16.9 Å². The van der Waals surface area contributed by atoms with Crippen molar-refractivity contribution < 1.29 is 14.3 Å². The Morgan fingerprint density at radius 1 is 0.811 bits per heavy atom. The summed E-state index contributed by atoms with van der Waals surface area (Å²) in [6.07, 6.45) is 0.772. The van der Waals surface area contributed by atoms with Gasteiger partial charge in [0.05, 0.1) is 6.61 Å². The smallest absolute Gasteiger partial charge is 0.258 e. The average Bonchev–Trinajstić information content (AvgIpc) is 2.93. The molecular weight excluding hydrogens is 482 g/mol. The van der Waals surface area contributed by atoms with E-state index in [4.69, 9.17) is 17.0 Å². The highest BCUT2D eigenvalue weighted by Gasteiger charge is 2.14. The van der Waals surface area contributed by atoms with Crippen LogP contribution in [0.15, 0.2) is 109 Å². The highest BCUT2D eigenvalue weighted by molar-refractivity contribution is 7.80. The van der Waals surface area contributed by atoms with Crippen LogP contribution < -0.4 is 20.3 Å². The van der Waals surface area contributed by atoms with Crippen LogP contribution in [-0.4, -0.2) is 30.6 Å². The van der Waals surface area contributed by atoms with Crippen molar-refractivity contribution in [3.63, 3.8) is 0 Å². The zero-order chi connectivity index (χ0) is 26.0. The molecule has 0 atom stereocenters. The number of thiocarbonyl (C=S) groups is 1. The summed E-state index contributed by atoms with van der Waals surface area (Å²) in [4.78, 5) is 27.3. The Bertz CT molecular complexity index is 1380. The van der Waals surface area contributed by atoms with Crippen molar-refractivity contribution in [2.75, 3.05) is 23.9 Å². The molecule has 0 saturated carbocycles. The number of anilines is 2. The van der Waals surface area contributed by atoms with Crippen LogP contribution in [-0.2, 0) is 6.42 Å². The van der Waals surface area contributed by atoms with Gasteiger partial charge in [-0.2, -0.15) is 0 Å². The third-order valence-electron chi connectivity index (χ3n) is 5.64. The molecule has 0 saturated heterocycles. The van der Waals surface area contributed by atoms with Crippen LogP contribution in [0.4, 0.5) is 11.4 Å².